The van der Waals surface area contributed by atoms with Gasteiger partial charge in [0.1, 0.15) is 0 Å². The molecule has 3 rings (SSSR count). The molecule has 2 saturated heterocycles. The van der Waals surface area contributed by atoms with Crippen molar-refractivity contribution in [3.63, 3.8) is 0 Å². The van der Waals surface area contributed by atoms with Crippen LogP contribution in [0, 0.1) is 13.8 Å². The molecule has 0 saturated carbocycles. The highest BCUT2D eigenvalue weighted by Gasteiger charge is 2.42. The Balaban J connectivity index is 1.77. The number of nitrogens with zero attached hydrogens (tertiary/aromatic N) is 1. The number of aryl methyl sites for hydroxylation is 2. The van der Waals surface area contributed by atoms with Gasteiger partial charge in [0.25, 0.3) is 5.91 Å². The van der Waals surface area contributed by atoms with Crippen molar-refractivity contribution in [2.45, 2.75) is 32.5 Å². The van der Waals surface area contributed by atoms with Crippen molar-refractivity contribution in [2.24, 2.45) is 0 Å². The van der Waals surface area contributed by atoms with Crippen molar-refractivity contribution in [3.05, 3.63) is 34.9 Å². The first-order valence-electron chi connectivity index (χ1n) is 7.24. The summed E-state index contributed by atoms with van der Waals surface area (Å²) in [6.07, 6.45) is 1.81. The summed E-state index contributed by atoms with van der Waals surface area (Å²) >= 11 is 0. The fourth-order valence-electron chi connectivity index (χ4n) is 2.95. The van der Waals surface area contributed by atoms with E-state index < -0.39 is 5.79 Å². The molecule has 0 aliphatic carbocycles. The SMILES string of the molecule is Cc1ccc(C(=O)N2CCCC3(C2)OCCO3)cc1C. The van der Waals surface area contributed by atoms with Crippen LogP contribution in [0.25, 0.3) is 0 Å². The standard InChI is InChI=1S/C16H21NO3/c1-12-4-5-14(10-13(12)2)15(18)17-7-3-6-16(11-17)19-8-9-20-16/h4-5,10H,3,6-9,11H2,1-2H3. The first-order valence-corrected chi connectivity index (χ1v) is 7.24. The lowest BCUT2D eigenvalue weighted by atomic mass is 10.0. The minimum atomic E-state index is -0.548. The molecule has 4 heteroatoms. The van der Waals surface area contributed by atoms with Gasteiger partial charge < -0.3 is 14.4 Å². The molecule has 1 spiro atoms. The number of ether oxygens (including phenoxy) is 2. The van der Waals surface area contributed by atoms with E-state index in [1.165, 1.54) is 5.56 Å². The third kappa shape index (κ3) is 2.45. The highest BCUT2D eigenvalue weighted by atomic mass is 16.7. The summed E-state index contributed by atoms with van der Waals surface area (Å²) in [5.41, 5.74) is 3.11. The zero-order valence-electron chi connectivity index (χ0n) is 12.1. The smallest absolute Gasteiger partial charge is 0.254 e. The molecule has 4 nitrogen and oxygen atoms in total. The number of hydrogen-bond acceptors (Lipinski definition) is 3. The summed E-state index contributed by atoms with van der Waals surface area (Å²) in [5.74, 6) is -0.473. The minimum absolute atomic E-state index is 0.0753. The summed E-state index contributed by atoms with van der Waals surface area (Å²) in [5, 5.41) is 0. The van der Waals surface area contributed by atoms with E-state index in [2.05, 4.69) is 6.92 Å². The number of carbonyl (C=O) groups is 1. The Kier molecular flexibility index (Phi) is 3.52. The van der Waals surface area contributed by atoms with E-state index in [-0.39, 0.29) is 5.91 Å². The van der Waals surface area contributed by atoms with Crippen LogP contribution in [0.1, 0.15) is 34.3 Å². The molecule has 0 bridgehead atoms. The molecule has 1 amide bonds. The Labute approximate surface area is 119 Å². The molecular weight excluding hydrogens is 254 g/mol. The molecule has 20 heavy (non-hydrogen) atoms. The minimum Gasteiger partial charge on any atom is -0.346 e. The quantitative estimate of drug-likeness (QED) is 0.789. The topological polar surface area (TPSA) is 38.8 Å². The van der Waals surface area contributed by atoms with Gasteiger partial charge in [0, 0.05) is 18.5 Å². The summed E-state index contributed by atoms with van der Waals surface area (Å²) in [6, 6.07) is 5.88. The van der Waals surface area contributed by atoms with Gasteiger partial charge in [0.05, 0.1) is 19.8 Å². The molecule has 2 fully saturated rings. The maximum absolute atomic E-state index is 12.6. The number of amides is 1. The van der Waals surface area contributed by atoms with Gasteiger partial charge in [-0.2, -0.15) is 0 Å². The molecule has 0 atom stereocenters. The summed E-state index contributed by atoms with van der Waals surface area (Å²) in [6.45, 7) is 6.67. The van der Waals surface area contributed by atoms with E-state index in [0.717, 1.165) is 30.5 Å². The van der Waals surface area contributed by atoms with Crippen LogP contribution in [-0.2, 0) is 9.47 Å². The summed E-state index contributed by atoms with van der Waals surface area (Å²) in [4.78, 5) is 14.5. The van der Waals surface area contributed by atoms with Crippen LogP contribution in [0.3, 0.4) is 0 Å². The van der Waals surface area contributed by atoms with Crippen LogP contribution in [0.15, 0.2) is 18.2 Å². The van der Waals surface area contributed by atoms with E-state index in [9.17, 15) is 4.79 Å². The molecule has 0 N–H and O–H groups in total. The Morgan fingerprint density at radius 3 is 2.65 bits per heavy atom. The maximum atomic E-state index is 12.6. The Bertz CT molecular complexity index is 520. The van der Waals surface area contributed by atoms with Gasteiger partial charge in [-0.3, -0.25) is 4.79 Å². The molecule has 2 aliphatic heterocycles. The lowest BCUT2D eigenvalue weighted by Gasteiger charge is -2.38. The van der Waals surface area contributed by atoms with Crippen LogP contribution < -0.4 is 0 Å². The predicted octanol–water partition coefficient (Wildman–Crippen LogP) is 2.28. The number of likely N-dealkylation sites (tertiary alicyclic amines) is 1. The highest BCUT2D eigenvalue weighted by molar-refractivity contribution is 5.94. The average Bonchev–Trinajstić information content (AvgIpc) is 2.89. The molecule has 2 aliphatic rings. The lowest BCUT2D eigenvalue weighted by Crippen LogP contribution is -2.51. The fourth-order valence-corrected chi connectivity index (χ4v) is 2.95. The molecule has 1 aromatic rings. The van der Waals surface area contributed by atoms with Gasteiger partial charge >= 0.3 is 0 Å². The van der Waals surface area contributed by atoms with Gasteiger partial charge in [-0.25, -0.2) is 0 Å². The molecule has 0 unspecified atom stereocenters. The van der Waals surface area contributed by atoms with Crippen LogP contribution in [0.4, 0.5) is 0 Å². The van der Waals surface area contributed by atoms with Gasteiger partial charge in [0.15, 0.2) is 5.79 Å². The van der Waals surface area contributed by atoms with Gasteiger partial charge in [-0.1, -0.05) is 6.07 Å². The van der Waals surface area contributed by atoms with E-state index in [4.69, 9.17) is 9.47 Å². The van der Waals surface area contributed by atoms with Crippen molar-refractivity contribution < 1.29 is 14.3 Å². The average molecular weight is 275 g/mol. The molecule has 0 radical (unpaired) electrons. The number of carbonyl (C=O) groups excluding carboxylic acids is 1. The van der Waals surface area contributed by atoms with E-state index >= 15 is 0 Å². The second-order valence-corrected chi connectivity index (χ2v) is 5.74. The third-order valence-electron chi connectivity index (χ3n) is 4.27. The molecule has 108 valence electrons. The highest BCUT2D eigenvalue weighted by Crippen LogP contribution is 2.30. The summed E-state index contributed by atoms with van der Waals surface area (Å²) < 4.78 is 11.4. The van der Waals surface area contributed by atoms with Crippen molar-refractivity contribution in [1.29, 1.82) is 0 Å². The van der Waals surface area contributed by atoms with Crippen molar-refractivity contribution in [1.82, 2.24) is 4.90 Å². The second-order valence-electron chi connectivity index (χ2n) is 5.74. The van der Waals surface area contributed by atoms with E-state index in [1.807, 2.05) is 30.0 Å². The van der Waals surface area contributed by atoms with Crippen molar-refractivity contribution >= 4 is 5.91 Å². The largest absolute Gasteiger partial charge is 0.346 e. The maximum Gasteiger partial charge on any atom is 0.254 e. The predicted molar refractivity (Wildman–Crippen MR) is 75.7 cm³/mol. The monoisotopic (exact) mass is 275 g/mol. The van der Waals surface area contributed by atoms with E-state index in [0.29, 0.717) is 19.8 Å². The van der Waals surface area contributed by atoms with Crippen molar-refractivity contribution in [3.8, 4) is 0 Å². The first-order chi connectivity index (χ1) is 9.60. The Morgan fingerprint density at radius 2 is 1.95 bits per heavy atom. The number of hydrogen-bond donors (Lipinski definition) is 0. The van der Waals surface area contributed by atoms with Gasteiger partial charge in [-0.15, -0.1) is 0 Å². The molecule has 1 aromatic carbocycles. The zero-order valence-corrected chi connectivity index (χ0v) is 12.1. The zero-order chi connectivity index (χ0) is 14.2. The molecular formula is C16H21NO3. The van der Waals surface area contributed by atoms with Crippen molar-refractivity contribution in [2.75, 3.05) is 26.3 Å². The van der Waals surface area contributed by atoms with E-state index in [1.54, 1.807) is 0 Å². The Morgan fingerprint density at radius 1 is 1.20 bits per heavy atom. The first kappa shape index (κ1) is 13.6. The van der Waals surface area contributed by atoms with Gasteiger partial charge in [-0.05, 0) is 43.5 Å². The van der Waals surface area contributed by atoms with Gasteiger partial charge in [0.2, 0.25) is 0 Å². The van der Waals surface area contributed by atoms with Crippen LogP contribution in [0.5, 0.6) is 0 Å². The molecule has 2 heterocycles. The third-order valence-corrected chi connectivity index (χ3v) is 4.27. The lowest BCUT2D eigenvalue weighted by molar-refractivity contribution is -0.183. The molecule has 0 aromatic heterocycles. The van der Waals surface area contributed by atoms with Crippen LogP contribution >= 0.6 is 0 Å². The summed E-state index contributed by atoms with van der Waals surface area (Å²) in [7, 11) is 0. The number of piperidine rings is 1. The van der Waals surface area contributed by atoms with Crippen LogP contribution in [0.2, 0.25) is 0 Å². The second kappa shape index (κ2) is 5.19. The van der Waals surface area contributed by atoms with Crippen LogP contribution in [-0.4, -0.2) is 42.9 Å². The fraction of sp³-hybridized carbons (Fsp3) is 0.562. The Hall–Kier alpha value is -1.39. The number of rotatable bonds is 1. The number of benzene rings is 1. The normalized spacial score (nSPS) is 21.4.